The highest BCUT2D eigenvalue weighted by Gasteiger charge is 2.35. The van der Waals surface area contributed by atoms with Crippen molar-refractivity contribution in [1.82, 2.24) is 4.90 Å². The van der Waals surface area contributed by atoms with Crippen LogP contribution in [0.2, 0.25) is 0 Å². The molecule has 3 rings (SSSR count). The SMILES string of the molecule is CS(=O)(=O)N1CCCc2cc(C(=O)N(CC(=O)O)C3CC3)ccc21. The Labute approximate surface area is 140 Å². The first-order chi connectivity index (χ1) is 11.3. The summed E-state index contributed by atoms with van der Waals surface area (Å²) < 4.78 is 25.1. The summed E-state index contributed by atoms with van der Waals surface area (Å²) in [6.45, 7) is 0.127. The Hall–Kier alpha value is -2.09. The normalized spacial score (nSPS) is 17.3. The molecule has 0 aromatic heterocycles. The van der Waals surface area contributed by atoms with E-state index in [0.29, 0.717) is 30.6 Å². The fourth-order valence-corrected chi connectivity index (χ4v) is 4.10. The maximum atomic E-state index is 12.7. The minimum absolute atomic E-state index is 0.00264. The first-order valence-electron chi connectivity index (χ1n) is 7.91. The number of sulfonamides is 1. The molecular formula is C16H20N2O5S. The number of carboxylic acid groups (broad SMARTS) is 1. The van der Waals surface area contributed by atoms with Crippen LogP contribution in [0.4, 0.5) is 5.69 Å². The Bertz CT molecular complexity index is 786. The fourth-order valence-electron chi connectivity index (χ4n) is 3.10. The van der Waals surface area contributed by atoms with E-state index in [1.807, 2.05) is 0 Å². The predicted molar refractivity (Wildman–Crippen MR) is 88.6 cm³/mol. The van der Waals surface area contributed by atoms with Gasteiger partial charge in [0.25, 0.3) is 5.91 Å². The lowest BCUT2D eigenvalue weighted by molar-refractivity contribution is -0.137. The number of fused-ring (bicyclic) bond motifs is 1. The molecule has 1 saturated carbocycles. The molecule has 1 aliphatic carbocycles. The van der Waals surface area contributed by atoms with Crippen LogP contribution in [0.5, 0.6) is 0 Å². The molecule has 1 aliphatic heterocycles. The van der Waals surface area contributed by atoms with Crippen molar-refractivity contribution in [1.29, 1.82) is 0 Å². The molecule has 0 spiro atoms. The van der Waals surface area contributed by atoms with Crippen LogP contribution in [0.25, 0.3) is 0 Å². The number of aryl methyl sites for hydroxylation is 1. The third-order valence-electron chi connectivity index (χ3n) is 4.36. The Morgan fingerprint density at radius 1 is 1.33 bits per heavy atom. The summed E-state index contributed by atoms with van der Waals surface area (Å²) in [7, 11) is -3.35. The van der Waals surface area contributed by atoms with Gasteiger partial charge in [-0.25, -0.2) is 8.42 Å². The number of carboxylic acids is 1. The zero-order valence-electron chi connectivity index (χ0n) is 13.4. The zero-order valence-corrected chi connectivity index (χ0v) is 14.3. The smallest absolute Gasteiger partial charge is 0.323 e. The quantitative estimate of drug-likeness (QED) is 0.856. The van der Waals surface area contributed by atoms with E-state index in [2.05, 4.69) is 0 Å². The van der Waals surface area contributed by atoms with Crippen LogP contribution in [0.3, 0.4) is 0 Å². The van der Waals surface area contributed by atoms with Gasteiger partial charge >= 0.3 is 5.97 Å². The van der Waals surface area contributed by atoms with E-state index in [1.165, 1.54) is 15.5 Å². The summed E-state index contributed by atoms with van der Waals surface area (Å²) in [5.41, 5.74) is 1.83. The summed E-state index contributed by atoms with van der Waals surface area (Å²) in [4.78, 5) is 25.0. The summed E-state index contributed by atoms with van der Waals surface area (Å²) in [6.07, 6.45) is 4.21. The van der Waals surface area contributed by atoms with Crippen molar-refractivity contribution >= 4 is 27.6 Å². The molecule has 130 valence electrons. The maximum absolute atomic E-state index is 12.7. The molecule has 0 unspecified atom stereocenters. The molecule has 0 atom stereocenters. The van der Waals surface area contributed by atoms with E-state index in [1.54, 1.807) is 18.2 Å². The Morgan fingerprint density at radius 2 is 2.04 bits per heavy atom. The highest BCUT2D eigenvalue weighted by molar-refractivity contribution is 7.92. The highest BCUT2D eigenvalue weighted by Crippen LogP contribution is 2.32. The third-order valence-corrected chi connectivity index (χ3v) is 5.54. The second-order valence-corrected chi connectivity index (χ2v) is 8.25. The maximum Gasteiger partial charge on any atom is 0.323 e. The Morgan fingerprint density at radius 3 is 2.62 bits per heavy atom. The average molecular weight is 352 g/mol. The van der Waals surface area contributed by atoms with E-state index >= 15 is 0 Å². The number of hydrogen-bond acceptors (Lipinski definition) is 4. The van der Waals surface area contributed by atoms with Crippen molar-refractivity contribution in [2.45, 2.75) is 31.7 Å². The standard InChI is InChI=1S/C16H20N2O5S/c1-24(22,23)18-8-2-3-11-9-12(4-7-14(11)18)16(21)17(10-15(19)20)13-5-6-13/h4,7,9,13H,2-3,5-6,8,10H2,1H3,(H,19,20). The predicted octanol–water partition coefficient (Wildman–Crippen LogP) is 1.09. The van der Waals surface area contributed by atoms with Crippen LogP contribution in [0.15, 0.2) is 18.2 Å². The van der Waals surface area contributed by atoms with Crippen molar-refractivity contribution in [3.63, 3.8) is 0 Å². The monoisotopic (exact) mass is 352 g/mol. The van der Waals surface area contributed by atoms with Crippen LogP contribution in [0, 0.1) is 0 Å². The average Bonchev–Trinajstić information content (AvgIpc) is 3.34. The van der Waals surface area contributed by atoms with Gasteiger partial charge in [-0.05, 0) is 49.4 Å². The van der Waals surface area contributed by atoms with Gasteiger partial charge in [-0.1, -0.05) is 0 Å². The molecule has 7 nitrogen and oxygen atoms in total. The molecule has 24 heavy (non-hydrogen) atoms. The lowest BCUT2D eigenvalue weighted by atomic mass is 10.00. The van der Waals surface area contributed by atoms with Crippen molar-refractivity contribution in [2.75, 3.05) is 23.7 Å². The molecular weight excluding hydrogens is 332 g/mol. The number of anilines is 1. The molecule has 1 amide bonds. The van der Waals surface area contributed by atoms with Crippen LogP contribution >= 0.6 is 0 Å². The number of benzene rings is 1. The minimum Gasteiger partial charge on any atom is -0.480 e. The molecule has 1 fully saturated rings. The van der Waals surface area contributed by atoms with E-state index in [-0.39, 0.29) is 18.5 Å². The van der Waals surface area contributed by atoms with E-state index in [0.717, 1.165) is 18.4 Å². The largest absolute Gasteiger partial charge is 0.480 e. The van der Waals surface area contributed by atoms with Crippen LogP contribution in [-0.2, 0) is 21.2 Å². The zero-order chi connectivity index (χ0) is 17.5. The molecule has 8 heteroatoms. The van der Waals surface area contributed by atoms with Crippen molar-refractivity contribution in [2.24, 2.45) is 0 Å². The lowest BCUT2D eigenvalue weighted by Crippen LogP contribution is -2.38. The van der Waals surface area contributed by atoms with E-state index in [4.69, 9.17) is 5.11 Å². The molecule has 1 heterocycles. The van der Waals surface area contributed by atoms with Gasteiger partial charge in [-0.3, -0.25) is 13.9 Å². The number of nitrogens with zero attached hydrogens (tertiary/aromatic N) is 2. The van der Waals surface area contributed by atoms with Crippen LogP contribution < -0.4 is 4.31 Å². The molecule has 0 saturated heterocycles. The molecule has 1 aromatic carbocycles. The number of hydrogen-bond donors (Lipinski definition) is 1. The highest BCUT2D eigenvalue weighted by atomic mass is 32.2. The Kier molecular flexibility index (Phi) is 4.25. The molecule has 0 bridgehead atoms. The van der Waals surface area contributed by atoms with Crippen molar-refractivity contribution in [3.8, 4) is 0 Å². The van der Waals surface area contributed by atoms with Gasteiger partial charge in [0.2, 0.25) is 10.0 Å². The number of carbonyl (C=O) groups is 2. The van der Waals surface area contributed by atoms with Crippen molar-refractivity contribution in [3.05, 3.63) is 29.3 Å². The first-order valence-corrected chi connectivity index (χ1v) is 9.75. The van der Waals surface area contributed by atoms with Gasteiger partial charge in [0, 0.05) is 18.2 Å². The van der Waals surface area contributed by atoms with E-state index < -0.39 is 16.0 Å². The summed E-state index contributed by atoms with van der Waals surface area (Å²) in [6, 6.07) is 4.93. The minimum atomic E-state index is -3.35. The number of carbonyl (C=O) groups excluding carboxylic acids is 1. The molecule has 2 aliphatic rings. The van der Waals surface area contributed by atoms with Crippen LogP contribution in [-0.4, -0.2) is 55.7 Å². The topological polar surface area (TPSA) is 95.0 Å². The van der Waals surface area contributed by atoms with Gasteiger partial charge in [0.1, 0.15) is 6.54 Å². The van der Waals surface area contributed by atoms with E-state index in [9.17, 15) is 18.0 Å². The molecule has 1 aromatic rings. The van der Waals surface area contributed by atoms with Gasteiger partial charge in [0.05, 0.1) is 11.9 Å². The van der Waals surface area contributed by atoms with Gasteiger partial charge < -0.3 is 10.0 Å². The third kappa shape index (κ3) is 3.38. The summed E-state index contributed by atoms with van der Waals surface area (Å²) in [5.74, 6) is -1.34. The van der Waals surface area contributed by atoms with Crippen LogP contribution in [0.1, 0.15) is 35.2 Å². The van der Waals surface area contributed by atoms with Gasteiger partial charge in [-0.2, -0.15) is 0 Å². The summed E-state index contributed by atoms with van der Waals surface area (Å²) in [5, 5.41) is 9.01. The molecule has 0 radical (unpaired) electrons. The second-order valence-electron chi connectivity index (χ2n) is 6.34. The lowest BCUT2D eigenvalue weighted by Gasteiger charge is -2.30. The first kappa shape index (κ1) is 16.8. The number of rotatable bonds is 5. The van der Waals surface area contributed by atoms with Gasteiger partial charge in [-0.15, -0.1) is 0 Å². The molecule has 1 N–H and O–H groups in total. The number of aliphatic carboxylic acids is 1. The summed E-state index contributed by atoms with van der Waals surface area (Å²) >= 11 is 0. The fraction of sp³-hybridized carbons (Fsp3) is 0.500. The Balaban J connectivity index is 1.90. The second kappa shape index (κ2) is 6.08. The van der Waals surface area contributed by atoms with Gasteiger partial charge in [0.15, 0.2) is 0 Å². The van der Waals surface area contributed by atoms with Crippen molar-refractivity contribution < 1.29 is 23.1 Å². The number of amides is 1.